The highest BCUT2D eigenvalue weighted by Crippen LogP contribution is 2.37. The van der Waals surface area contributed by atoms with Crippen LogP contribution in [0.25, 0.3) is 72.5 Å². The number of nitrogens with one attached hydrogen (secondary N) is 5. The molecule has 2 saturated heterocycles. The number of carbonyl (C=O) groups excluding carboxylic acids is 4. The van der Waals surface area contributed by atoms with E-state index in [4.69, 9.17) is 6.57 Å². The molecule has 26 nitrogen and oxygen atoms in total. The normalized spacial score (nSPS) is 17.6. The third-order valence-electron chi connectivity index (χ3n) is 21.3. The van der Waals surface area contributed by atoms with Gasteiger partial charge in [-0.2, -0.15) is 0 Å². The van der Waals surface area contributed by atoms with Crippen LogP contribution in [-0.4, -0.2) is 151 Å². The molecule has 8 aromatic heterocycles. The average molecular weight is 1590 g/mol. The summed E-state index contributed by atoms with van der Waals surface area (Å²) in [5.41, 5.74) is 13.6. The van der Waals surface area contributed by atoms with Crippen LogP contribution in [0.3, 0.4) is 0 Å². The molecule has 30 heteroatoms. The number of imidazole rings is 4. The molecule has 7 aliphatic rings. The van der Waals surface area contributed by atoms with Gasteiger partial charge in [0, 0.05) is 92.2 Å². The number of benzene rings is 4. The third kappa shape index (κ3) is 18.6. The second-order valence-electron chi connectivity index (χ2n) is 30.3. The summed E-state index contributed by atoms with van der Waals surface area (Å²) in [6, 6.07) is 51.7. The Morgan fingerprint density at radius 2 is 0.807 bits per heavy atom. The van der Waals surface area contributed by atoms with E-state index in [1.165, 1.54) is 6.07 Å². The van der Waals surface area contributed by atoms with Crippen LogP contribution < -0.4 is 26.0 Å². The van der Waals surface area contributed by atoms with Crippen LogP contribution in [0.15, 0.2) is 189 Å². The summed E-state index contributed by atoms with van der Waals surface area (Å²) in [5.74, 6) is 3.18. The lowest BCUT2D eigenvalue weighted by Gasteiger charge is -2.26. The summed E-state index contributed by atoms with van der Waals surface area (Å²) in [6.07, 6.45) is 16.4. The minimum Gasteiger partial charge on any atom is -0.309 e. The molecule has 5 N–H and O–H groups in total. The third-order valence-corrected chi connectivity index (χ3v) is 26.4. The first-order valence-corrected chi connectivity index (χ1v) is 43.7. The largest absolute Gasteiger partial charge is 0.309 e. The molecule has 5 saturated carbocycles. The van der Waals surface area contributed by atoms with Crippen LogP contribution in [0, 0.1) is 36.1 Å². The molecular weight excluding hydrogens is 1510 g/mol. The highest BCUT2D eigenvalue weighted by Gasteiger charge is 2.37. The number of fused-ring (bicyclic) bond motifs is 4. The van der Waals surface area contributed by atoms with Gasteiger partial charge in [0.15, 0.2) is 42.9 Å². The van der Waals surface area contributed by atoms with E-state index >= 15 is 0 Å². The van der Waals surface area contributed by atoms with Gasteiger partial charge in [0.05, 0.1) is 75.8 Å². The highest BCUT2D eigenvalue weighted by molar-refractivity contribution is 7.93. The molecule has 0 spiro atoms. The molecule has 0 bridgehead atoms. The average Bonchev–Trinajstić information content (AvgIpc) is 1.41. The van der Waals surface area contributed by atoms with Crippen molar-refractivity contribution in [2.75, 3.05) is 75.2 Å². The van der Waals surface area contributed by atoms with Gasteiger partial charge < -0.3 is 26.1 Å². The molecular formula is C84H85FN16O10S3. The van der Waals surface area contributed by atoms with Crippen molar-refractivity contribution in [1.82, 2.24) is 47.3 Å². The molecule has 19 rings (SSSR count). The minimum absolute atomic E-state index is 0.00846. The van der Waals surface area contributed by atoms with E-state index < -0.39 is 29.7 Å². The van der Waals surface area contributed by atoms with Crippen LogP contribution in [0.4, 0.5) is 33.3 Å². The van der Waals surface area contributed by atoms with Crippen LogP contribution in [0.1, 0.15) is 93.9 Å². The summed E-state index contributed by atoms with van der Waals surface area (Å²) >= 11 is 0. The zero-order valence-corrected chi connectivity index (χ0v) is 65.1. The summed E-state index contributed by atoms with van der Waals surface area (Å²) in [4.78, 5) is 73.8. The Morgan fingerprint density at radius 1 is 0.456 bits per heavy atom. The van der Waals surface area contributed by atoms with Gasteiger partial charge in [-0.1, -0.05) is 91.0 Å². The number of sulfone groups is 2. The summed E-state index contributed by atoms with van der Waals surface area (Å²) in [5, 5.41) is 11.3. The SMILES string of the molecule is O=C(Nc1cn2c(-c3ccc(CN4CCS(=O)(=O)CC4)c(F)c3)cccc2n1)C1CC1.O=C(Nc1cn2c(-c3ccc(NS(=O)(=O)C4CC4)cc3)cccc2n1)C1CC1.O=C(Nc1cn2c(-c3cccc(CN4CCS(=O)(=O)CC4)c3)cccc2n1)C1CC1.[C-]#[N+]C(C)c1ccc(-c2cccc3nc(NC(=O)C4CC4)cn23)cc1. The maximum atomic E-state index is 14.9. The van der Waals surface area contributed by atoms with Gasteiger partial charge in [-0.05, 0) is 159 Å². The topological polar surface area (TPSA) is 311 Å². The van der Waals surface area contributed by atoms with Gasteiger partial charge >= 0.3 is 0 Å². The van der Waals surface area contributed by atoms with Crippen LogP contribution in [-0.2, 0) is 62.0 Å². The van der Waals surface area contributed by atoms with Gasteiger partial charge in [0.1, 0.15) is 28.4 Å². The van der Waals surface area contributed by atoms with Gasteiger partial charge in [0.25, 0.3) is 0 Å². The lowest BCUT2D eigenvalue weighted by atomic mass is 10.0. The van der Waals surface area contributed by atoms with Gasteiger partial charge in [0.2, 0.25) is 39.7 Å². The molecule has 1 unspecified atom stereocenters. The zero-order valence-electron chi connectivity index (χ0n) is 62.6. The van der Waals surface area contributed by atoms with E-state index in [2.05, 4.69) is 73.9 Å². The van der Waals surface area contributed by atoms with Crippen LogP contribution >= 0.6 is 0 Å². The first-order chi connectivity index (χ1) is 55.0. The standard InChI is InChI=1S/C22H23FN4O3S.C22H24N4O3S.C20H20N4O3S.C20H18N4O/c23-18-12-16(6-7-17(18)13-26-8-10-31(29,30)11-9-26)19-2-1-3-21-24-20(14-27(19)21)25-22(28)15-4-5-15;27-22(17-7-8-17)24-20-15-26-19(5-2-6-21(26)23-20)18-4-1-3-16(13-18)14-25-9-11-30(28,29)12-10-25;25-20(14-4-5-14)22-18-12-24-17(2-1-3-19(24)21-18)13-6-8-15(9-7-13)23-28(26,27)16-10-11-16;1-13(21-2)14-6-8-15(9-7-14)17-4-3-5-19-22-18(12-24(17)19)23-20(25)16-10-11-16/h1-3,6-7,12,14-15H,4-5,8-11,13H2,(H,25,28);1-6,13,15,17H,7-12,14H2,(H,24,27);1-3,6-9,12,14,16,23H,4-5,10-11H2,(H,22,25);3-9,12-13,16H,10-11H2,1H3,(H,23,25). The maximum absolute atomic E-state index is 14.9. The number of anilines is 5. The molecule has 7 fully saturated rings. The lowest BCUT2D eigenvalue weighted by Crippen LogP contribution is -2.39. The molecule has 586 valence electrons. The molecule has 2 aliphatic heterocycles. The number of pyridine rings is 4. The zero-order chi connectivity index (χ0) is 79.0. The van der Waals surface area contributed by atoms with Gasteiger partial charge in [-0.15, -0.1) is 0 Å². The Morgan fingerprint density at radius 3 is 1.18 bits per heavy atom. The molecule has 5 aliphatic carbocycles. The van der Waals surface area contributed by atoms with Crippen molar-refractivity contribution in [3.63, 3.8) is 0 Å². The molecule has 12 aromatic rings. The summed E-state index contributed by atoms with van der Waals surface area (Å²) < 4.78 is 95.9. The molecule has 10 heterocycles. The van der Waals surface area contributed by atoms with Crippen molar-refractivity contribution >= 4 is 105 Å². The minimum atomic E-state index is -3.27. The Hall–Kier alpha value is -11.5. The number of amides is 4. The number of sulfonamides is 1. The van der Waals surface area contributed by atoms with Crippen molar-refractivity contribution in [3.8, 4) is 45.0 Å². The summed E-state index contributed by atoms with van der Waals surface area (Å²) in [7, 11) is -9.10. The fraction of sp³-hybridized carbons (Fsp3) is 0.321. The van der Waals surface area contributed by atoms with Crippen molar-refractivity contribution in [2.24, 2.45) is 23.7 Å². The van der Waals surface area contributed by atoms with Gasteiger partial charge in [-0.25, -0.2) is 56.2 Å². The Kier molecular flexibility index (Phi) is 21.6. The molecule has 0 radical (unpaired) electrons. The second-order valence-corrected chi connectivity index (χ2v) is 36.9. The van der Waals surface area contributed by atoms with Crippen molar-refractivity contribution in [2.45, 2.75) is 95.5 Å². The summed E-state index contributed by atoms with van der Waals surface area (Å²) in [6.45, 7) is 12.2. The number of rotatable bonds is 20. The van der Waals surface area contributed by atoms with E-state index in [0.29, 0.717) is 78.5 Å². The van der Waals surface area contributed by atoms with Gasteiger partial charge in [-0.3, -0.25) is 51.3 Å². The number of carbonyl (C=O) groups is 4. The predicted molar refractivity (Wildman–Crippen MR) is 436 cm³/mol. The van der Waals surface area contributed by atoms with Crippen molar-refractivity contribution < 1.29 is 48.8 Å². The number of hydrogen-bond acceptors (Lipinski definition) is 16. The van der Waals surface area contributed by atoms with Crippen molar-refractivity contribution in [3.05, 3.63) is 223 Å². The Labute approximate surface area is 659 Å². The number of halogens is 1. The molecule has 114 heavy (non-hydrogen) atoms. The van der Waals surface area contributed by atoms with Crippen molar-refractivity contribution in [1.29, 1.82) is 0 Å². The Bertz CT molecular complexity index is 6070. The Balaban J connectivity index is 0.000000115. The fourth-order valence-electron chi connectivity index (χ4n) is 13.8. The number of hydrogen-bond donors (Lipinski definition) is 5. The quantitative estimate of drug-likeness (QED) is 0.0443. The first-order valence-electron chi connectivity index (χ1n) is 38.5. The first kappa shape index (κ1) is 76.5. The van der Waals surface area contributed by atoms with Crippen LogP contribution in [0.2, 0.25) is 0 Å². The number of aromatic nitrogens is 8. The van der Waals surface area contributed by atoms with E-state index in [1.807, 2.05) is 169 Å². The second kappa shape index (κ2) is 32.2. The van der Waals surface area contributed by atoms with Crippen LogP contribution in [0.5, 0.6) is 0 Å². The maximum Gasteiger partial charge on any atom is 0.245 e. The van der Waals surface area contributed by atoms with E-state index in [1.54, 1.807) is 24.4 Å². The van der Waals surface area contributed by atoms with E-state index in [9.17, 15) is 48.8 Å². The predicted octanol–water partition coefficient (Wildman–Crippen LogP) is 12.9. The molecule has 4 aromatic carbocycles. The smallest absolute Gasteiger partial charge is 0.245 e. The van der Waals surface area contributed by atoms with E-state index in [-0.39, 0.29) is 87.4 Å². The monoisotopic (exact) mass is 1590 g/mol. The van der Waals surface area contributed by atoms with E-state index in [0.717, 1.165) is 138 Å². The molecule has 4 amide bonds. The lowest BCUT2D eigenvalue weighted by molar-refractivity contribution is -0.118. The number of nitrogens with zero attached hydrogens (tertiary/aromatic N) is 11. The highest BCUT2D eigenvalue weighted by atomic mass is 32.2. The fourth-order valence-corrected chi connectivity index (χ4v) is 17.8. The molecule has 1 atom stereocenters.